The third-order valence-corrected chi connectivity index (χ3v) is 3.83. The van der Waals surface area contributed by atoms with Crippen LogP contribution in [0.1, 0.15) is 50.9 Å². The number of nitrogens with two attached hydrogens (primary N) is 2. The van der Waals surface area contributed by atoms with Crippen molar-refractivity contribution in [3.05, 3.63) is 35.7 Å². The maximum atomic E-state index is 6.15. The molecular weight excluding hydrogens is 248 g/mol. The number of hydrogen-bond acceptors (Lipinski definition) is 3. The standard InChI is InChI=1S/C16H22N4/c1-16(2,3)15-19-13(14(17)20(15)18)12-6-4-5-11(9-12)10-7-8-10/h4-6,9-10H,7-8,17-18H2,1-3H3. The van der Waals surface area contributed by atoms with Gasteiger partial charge in [-0.15, -0.1) is 0 Å². The smallest absolute Gasteiger partial charge is 0.150 e. The highest BCUT2D eigenvalue weighted by Crippen LogP contribution is 2.41. The Morgan fingerprint density at radius 3 is 2.50 bits per heavy atom. The molecule has 4 heteroatoms. The summed E-state index contributed by atoms with van der Waals surface area (Å²) in [5, 5.41) is 0. The molecule has 1 fully saturated rings. The number of hydrogen-bond donors (Lipinski definition) is 2. The van der Waals surface area contributed by atoms with Gasteiger partial charge in [0, 0.05) is 11.0 Å². The quantitative estimate of drug-likeness (QED) is 0.824. The number of anilines is 1. The van der Waals surface area contributed by atoms with Gasteiger partial charge in [-0.1, -0.05) is 39.0 Å². The minimum atomic E-state index is -0.130. The normalized spacial score (nSPS) is 15.6. The molecule has 0 spiro atoms. The molecule has 0 atom stereocenters. The molecule has 0 amide bonds. The zero-order chi connectivity index (χ0) is 14.5. The molecule has 20 heavy (non-hydrogen) atoms. The summed E-state index contributed by atoms with van der Waals surface area (Å²) in [6, 6.07) is 8.51. The molecule has 1 aliphatic rings. The molecule has 4 N–H and O–H groups in total. The van der Waals surface area contributed by atoms with Crippen LogP contribution in [0.15, 0.2) is 24.3 Å². The van der Waals surface area contributed by atoms with Crippen LogP contribution < -0.4 is 11.6 Å². The summed E-state index contributed by atoms with van der Waals surface area (Å²) in [4.78, 5) is 4.68. The third kappa shape index (κ3) is 2.15. The van der Waals surface area contributed by atoms with Crippen LogP contribution >= 0.6 is 0 Å². The Kier molecular flexibility index (Phi) is 2.78. The molecule has 1 aliphatic carbocycles. The topological polar surface area (TPSA) is 69.9 Å². The Labute approximate surface area is 119 Å². The molecule has 2 aromatic rings. The summed E-state index contributed by atoms with van der Waals surface area (Å²) in [7, 11) is 0. The Morgan fingerprint density at radius 2 is 1.95 bits per heavy atom. The van der Waals surface area contributed by atoms with Crippen LogP contribution in [0.3, 0.4) is 0 Å². The van der Waals surface area contributed by atoms with Gasteiger partial charge in [-0.2, -0.15) is 0 Å². The number of aromatic nitrogens is 2. The van der Waals surface area contributed by atoms with E-state index in [4.69, 9.17) is 11.6 Å². The van der Waals surface area contributed by atoms with Crippen molar-refractivity contribution in [2.24, 2.45) is 0 Å². The number of nitrogens with zero attached hydrogens (tertiary/aromatic N) is 2. The van der Waals surface area contributed by atoms with Crippen LogP contribution in [0.4, 0.5) is 5.82 Å². The van der Waals surface area contributed by atoms with Gasteiger partial charge in [0.05, 0.1) is 0 Å². The zero-order valence-electron chi connectivity index (χ0n) is 12.4. The fourth-order valence-electron chi connectivity index (χ4n) is 2.54. The monoisotopic (exact) mass is 270 g/mol. The van der Waals surface area contributed by atoms with Crippen molar-refractivity contribution in [3.63, 3.8) is 0 Å². The minimum Gasteiger partial charge on any atom is -0.382 e. The maximum Gasteiger partial charge on any atom is 0.150 e. The first-order chi connectivity index (χ1) is 9.38. The Hall–Kier alpha value is -1.97. The van der Waals surface area contributed by atoms with Crippen LogP contribution in [0.5, 0.6) is 0 Å². The van der Waals surface area contributed by atoms with Gasteiger partial charge >= 0.3 is 0 Å². The minimum absolute atomic E-state index is 0.130. The van der Waals surface area contributed by atoms with E-state index in [1.807, 2.05) is 0 Å². The molecule has 0 unspecified atom stereocenters. The van der Waals surface area contributed by atoms with Crippen molar-refractivity contribution in [2.45, 2.75) is 44.9 Å². The summed E-state index contributed by atoms with van der Waals surface area (Å²) < 4.78 is 1.51. The first-order valence-corrected chi connectivity index (χ1v) is 7.12. The van der Waals surface area contributed by atoms with Gasteiger partial charge in [0.25, 0.3) is 0 Å². The fourth-order valence-corrected chi connectivity index (χ4v) is 2.54. The van der Waals surface area contributed by atoms with Crippen molar-refractivity contribution in [1.29, 1.82) is 0 Å². The van der Waals surface area contributed by atoms with E-state index in [2.05, 4.69) is 50.0 Å². The number of nitrogen functional groups attached to an aromatic ring is 2. The van der Waals surface area contributed by atoms with Gasteiger partial charge in [0.2, 0.25) is 0 Å². The molecule has 0 radical (unpaired) electrons. The van der Waals surface area contributed by atoms with E-state index in [0.29, 0.717) is 5.82 Å². The van der Waals surface area contributed by atoms with Gasteiger partial charge in [0.1, 0.15) is 11.5 Å². The van der Waals surface area contributed by atoms with Gasteiger partial charge in [-0.3, -0.25) is 0 Å². The third-order valence-electron chi connectivity index (χ3n) is 3.83. The lowest BCUT2D eigenvalue weighted by molar-refractivity contribution is 0.532. The van der Waals surface area contributed by atoms with E-state index in [1.54, 1.807) is 0 Å². The first-order valence-electron chi connectivity index (χ1n) is 7.12. The Balaban J connectivity index is 2.08. The van der Waals surface area contributed by atoms with Crippen molar-refractivity contribution in [3.8, 4) is 11.3 Å². The van der Waals surface area contributed by atoms with Gasteiger partial charge in [-0.25, -0.2) is 9.66 Å². The SMILES string of the molecule is CC(C)(C)c1nc(-c2cccc(C3CC3)c2)c(N)n1N. The fraction of sp³-hybridized carbons (Fsp3) is 0.438. The summed E-state index contributed by atoms with van der Waals surface area (Å²) in [5.74, 6) is 8.12. The highest BCUT2D eigenvalue weighted by molar-refractivity contribution is 5.72. The van der Waals surface area contributed by atoms with Crippen molar-refractivity contribution in [2.75, 3.05) is 11.6 Å². The summed E-state index contributed by atoms with van der Waals surface area (Å²) >= 11 is 0. The summed E-state index contributed by atoms with van der Waals surface area (Å²) in [5.41, 5.74) is 9.25. The van der Waals surface area contributed by atoms with Gasteiger partial charge in [-0.05, 0) is 30.4 Å². The number of benzene rings is 1. The first kappa shape index (κ1) is 13.0. The highest BCUT2D eigenvalue weighted by Gasteiger charge is 2.26. The van der Waals surface area contributed by atoms with Crippen molar-refractivity contribution in [1.82, 2.24) is 9.66 Å². The largest absolute Gasteiger partial charge is 0.382 e. The molecule has 1 aromatic heterocycles. The summed E-state index contributed by atoms with van der Waals surface area (Å²) in [6.45, 7) is 6.26. The molecular formula is C16H22N4. The lowest BCUT2D eigenvalue weighted by Crippen LogP contribution is -2.24. The molecule has 0 bridgehead atoms. The van der Waals surface area contributed by atoms with E-state index < -0.39 is 0 Å². The number of rotatable bonds is 2. The Morgan fingerprint density at radius 1 is 1.25 bits per heavy atom. The van der Waals surface area contributed by atoms with Gasteiger partial charge < -0.3 is 11.6 Å². The second-order valence-electron chi connectivity index (χ2n) is 6.69. The molecule has 1 heterocycles. The van der Waals surface area contributed by atoms with Crippen LogP contribution in [0.2, 0.25) is 0 Å². The maximum absolute atomic E-state index is 6.15. The lowest BCUT2D eigenvalue weighted by atomic mass is 9.96. The molecule has 0 saturated heterocycles. The molecule has 3 rings (SSSR count). The zero-order valence-corrected chi connectivity index (χ0v) is 12.4. The van der Waals surface area contributed by atoms with E-state index in [9.17, 15) is 0 Å². The van der Waals surface area contributed by atoms with Crippen LogP contribution in [-0.4, -0.2) is 9.66 Å². The molecule has 106 valence electrons. The van der Waals surface area contributed by atoms with Crippen LogP contribution in [-0.2, 0) is 5.41 Å². The van der Waals surface area contributed by atoms with Gasteiger partial charge in [0.15, 0.2) is 5.82 Å². The summed E-state index contributed by atoms with van der Waals surface area (Å²) in [6.07, 6.45) is 2.58. The predicted octanol–water partition coefficient (Wildman–Crippen LogP) is 3.02. The van der Waals surface area contributed by atoms with Crippen molar-refractivity contribution >= 4 is 5.82 Å². The predicted molar refractivity (Wildman–Crippen MR) is 82.9 cm³/mol. The van der Waals surface area contributed by atoms with Crippen LogP contribution in [0, 0.1) is 0 Å². The molecule has 0 aliphatic heterocycles. The lowest BCUT2D eigenvalue weighted by Gasteiger charge is -2.17. The van der Waals surface area contributed by atoms with E-state index in [0.717, 1.165) is 23.0 Å². The van der Waals surface area contributed by atoms with E-state index in [1.165, 1.54) is 23.1 Å². The van der Waals surface area contributed by atoms with Crippen LogP contribution in [0.25, 0.3) is 11.3 Å². The Bertz CT molecular complexity index is 645. The average Bonchev–Trinajstić information content (AvgIpc) is 3.17. The second-order valence-corrected chi connectivity index (χ2v) is 6.69. The molecule has 1 aromatic carbocycles. The van der Waals surface area contributed by atoms with E-state index in [-0.39, 0.29) is 5.41 Å². The second kappa shape index (κ2) is 4.27. The molecule has 1 saturated carbocycles. The highest BCUT2D eigenvalue weighted by atomic mass is 15.4. The average molecular weight is 270 g/mol. The van der Waals surface area contributed by atoms with Crippen molar-refractivity contribution < 1.29 is 0 Å². The molecule has 4 nitrogen and oxygen atoms in total. The number of imidazole rings is 1. The van der Waals surface area contributed by atoms with E-state index >= 15 is 0 Å².